The summed E-state index contributed by atoms with van der Waals surface area (Å²) in [4.78, 5) is 13.9. The maximum absolute atomic E-state index is 12.3. The Morgan fingerprint density at radius 1 is 1.00 bits per heavy atom. The zero-order valence-corrected chi connectivity index (χ0v) is 17.4. The average molecular weight is 413 g/mol. The Labute approximate surface area is 173 Å². The fraction of sp³-hybridized carbons (Fsp3) is 0.348. The first-order chi connectivity index (χ1) is 14.0. The number of piperidine rings is 1. The van der Waals surface area contributed by atoms with Crippen molar-refractivity contribution >= 4 is 22.1 Å². The normalized spacial score (nSPS) is 15.5. The summed E-state index contributed by atoms with van der Waals surface area (Å²) in [5.74, 6) is 0.595. The molecule has 2 aromatic rings. The van der Waals surface area contributed by atoms with Gasteiger partial charge in [0.05, 0.1) is 5.41 Å². The number of benzene rings is 2. The molecule has 2 aromatic carbocycles. The van der Waals surface area contributed by atoms with Crippen molar-refractivity contribution in [1.82, 2.24) is 9.62 Å². The van der Waals surface area contributed by atoms with Crippen molar-refractivity contribution in [2.75, 3.05) is 13.1 Å². The average Bonchev–Trinajstić information content (AvgIpc) is 2.74. The topological polar surface area (TPSA) is 66.5 Å². The van der Waals surface area contributed by atoms with Gasteiger partial charge >= 0.3 is 6.03 Å². The lowest BCUT2D eigenvalue weighted by Gasteiger charge is -2.31. The zero-order chi connectivity index (χ0) is 20.5. The van der Waals surface area contributed by atoms with Gasteiger partial charge in [0.25, 0.3) is 10.0 Å². The van der Waals surface area contributed by atoms with E-state index in [-0.39, 0.29) is 0 Å². The van der Waals surface area contributed by atoms with Crippen LogP contribution < -0.4 is 4.72 Å². The van der Waals surface area contributed by atoms with Gasteiger partial charge in [-0.2, -0.15) is 0 Å². The van der Waals surface area contributed by atoms with Crippen LogP contribution in [0.4, 0.5) is 4.79 Å². The summed E-state index contributed by atoms with van der Waals surface area (Å²) < 4.78 is 26.5. The molecule has 0 aromatic heterocycles. The molecule has 0 saturated carbocycles. The summed E-state index contributed by atoms with van der Waals surface area (Å²) in [5, 5.41) is 1.04. The number of aryl methyl sites for hydroxylation is 1. The van der Waals surface area contributed by atoms with Crippen molar-refractivity contribution in [1.29, 1.82) is 0 Å². The number of rotatable bonds is 7. The van der Waals surface area contributed by atoms with E-state index in [1.165, 1.54) is 11.6 Å². The molecular weight excluding hydrogens is 384 g/mol. The van der Waals surface area contributed by atoms with E-state index in [9.17, 15) is 13.2 Å². The number of hydrogen-bond donors (Lipinski definition) is 1. The molecule has 0 atom stereocenters. The second-order valence-corrected chi connectivity index (χ2v) is 9.04. The number of likely N-dealkylation sites (tertiary alicyclic amines) is 1. The number of nitrogens with zero attached hydrogens (tertiary/aromatic N) is 1. The van der Waals surface area contributed by atoms with Crippen LogP contribution in [-0.2, 0) is 16.4 Å². The van der Waals surface area contributed by atoms with Crippen molar-refractivity contribution < 1.29 is 13.2 Å². The van der Waals surface area contributed by atoms with Crippen LogP contribution in [0.15, 0.2) is 66.1 Å². The van der Waals surface area contributed by atoms with Crippen LogP contribution in [0.2, 0.25) is 0 Å². The molecule has 154 valence electrons. The number of amides is 2. The summed E-state index contributed by atoms with van der Waals surface area (Å²) in [6, 6.07) is 19.0. The van der Waals surface area contributed by atoms with Crippen LogP contribution in [0.1, 0.15) is 36.8 Å². The van der Waals surface area contributed by atoms with Gasteiger partial charge in [0.15, 0.2) is 0 Å². The third-order valence-electron chi connectivity index (χ3n) is 5.29. The lowest BCUT2D eigenvalue weighted by atomic mass is 9.91. The standard InChI is InChI=1S/C23H28N2O3S/c26-23(24-29(27,28)19-16-21-10-5-2-6-11-21)25-17-14-22(15-18-25)13-7-12-20-8-3-1-4-9-20/h1-6,8-11,16,19,22H,7,12-15,17-18H2,(H,24,26). The first-order valence-electron chi connectivity index (χ1n) is 10.1. The Bertz CT molecular complexity index is 904. The lowest BCUT2D eigenvalue weighted by molar-refractivity contribution is 0.172. The molecule has 1 aliphatic heterocycles. The minimum Gasteiger partial charge on any atom is -0.324 e. The highest BCUT2D eigenvalue weighted by Gasteiger charge is 2.24. The van der Waals surface area contributed by atoms with E-state index in [0.717, 1.165) is 43.1 Å². The first-order valence-corrected chi connectivity index (χ1v) is 11.7. The largest absolute Gasteiger partial charge is 0.331 e. The number of carbonyl (C=O) groups excluding carboxylic acids is 1. The van der Waals surface area contributed by atoms with Gasteiger partial charge in [-0.25, -0.2) is 17.9 Å². The quantitative estimate of drug-likeness (QED) is 0.731. The molecule has 6 heteroatoms. The van der Waals surface area contributed by atoms with Crippen LogP contribution in [-0.4, -0.2) is 32.4 Å². The molecule has 1 fully saturated rings. The fourth-order valence-corrected chi connectivity index (χ4v) is 4.39. The smallest absolute Gasteiger partial charge is 0.324 e. The molecule has 3 rings (SSSR count). The molecular formula is C23H28N2O3S. The first kappa shape index (κ1) is 21.1. The van der Waals surface area contributed by atoms with Crippen molar-refractivity contribution in [3.05, 3.63) is 77.2 Å². The molecule has 1 heterocycles. The molecule has 1 saturated heterocycles. The van der Waals surface area contributed by atoms with Crippen molar-refractivity contribution in [2.45, 2.75) is 32.1 Å². The molecule has 0 aliphatic carbocycles. The second-order valence-electron chi connectivity index (χ2n) is 7.47. The number of carbonyl (C=O) groups is 1. The predicted octanol–water partition coefficient (Wildman–Crippen LogP) is 4.43. The van der Waals surface area contributed by atoms with Gasteiger partial charge in [-0.05, 0) is 55.2 Å². The van der Waals surface area contributed by atoms with Crippen LogP contribution in [0.3, 0.4) is 0 Å². The summed E-state index contributed by atoms with van der Waals surface area (Å²) in [7, 11) is -3.81. The Hall–Kier alpha value is -2.60. The fourth-order valence-electron chi connectivity index (χ4n) is 3.62. The highest BCUT2D eigenvalue weighted by atomic mass is 32.2. The third-order valence-corrected chi connectivity index (χ3v) is 6.24. The van der Waals surface area contributed by atoms with E-state index in [4.69, 9.17) is 0 Å². The Morgan fingerprint density at radius 3 is 2.28 bits per heavy atom. The summed E-state index contributed by atoms with van der Waals surface area (Å²) >= 11 is 0. The predicted molar refractivity (Wildman–Crippen MR) is 117 cm³/mol. The van der Waals surface area contributed by atoms with Crippen LogP contribution in [0.25, 0.3) is 6.08 Å². The minimum atomic E-state index is -3.81. The summed E-state index contributed by atoms with van der Waals surface area (Å²) in [5.41, 5.74) is 2.12. The number of hydrogen-bond acceptors (Lipinski definition) is 3. The van der Waals surface area contributed by atoms with Crippen molar-refractivity contribution in [3.63, 3.8) is 0 Å². The Morgan fingerprint density at radius 2 is 1.62 bits per heavy atom. The number of nitrogens with one attached hydrogen (secondary N) is 1. The molecule has 1 aliphatic rings. The van der Waals surface area contributed by atoms with Gasteiger partial charge in [-0.3, -0.25) is 0 Å². The SMILES string of the molecule is O=C(NS(=O)(=O)C=Cc1ccccc1)N1CCC(CCCc2ccccc2)CC1. The Balaban J connectivity index is 1.40. The van der Waals surface area contributed by atoms with Gasteiger partial charge in [-0.1, -0.05) is 60.7 Å². The molecule has 0 unspecified atom stereocenters. The highest BCUT2D eigenvalue weighted by molar-refractivity contribution is 7.93. The van der Waals surface area contributed by atoms with Crippen LogP contribution in [0.5, 0.6) is 0 Å². The maximum atomic E-state index is 12.3. The van der Waals surface area contributed by atoms with Crippen molar-refractivity contribution in [2.24, 2.45) is 5.92 Å². The Kier molecular flexibility index (Phi) is 7.47. The van der Waals surface area contributed by atoms with E-state index >= 15 is 0 Å². The van der Waals surface area contributed by atoms with Gasteiger partial charge < -0.3 is 4.90 Å². The van der Waals surface area contributed by atoms with Gasteiger partial charge in [0.1, 0.15) is 0 Å². The van der Waals surface area contributed by atoms with Gasteiger partial charge in [0, 0.05) is 13.1 Å². The third kappa shape index (κ3) is 7.06. The van der Waals surface area contributed by atoms with Crippen molar-refractivity contribution in [3.8, 4) is 0 Å². The molecule has 1 N–H and O–H groups in total. The maximum Gasteiger partial charge on any atom is 0.331 e. The van der Waals surface area contributed by atoms with Crippen LogP contribution >= 0.6 is 0 Å². The van der Waals surface area contributed by atoms with Gasteiger partial charge in [-0.15, -0.1) is 0 Å². The van der Waals surface area contributed by atoms with E-state index in [2.05, 4.69) is 29.0 Å². The summed E-state index contributed by atoms with van der Waals surface area (Å²) in [6.07, 6.45) is 6.67. The van der Waals surface area contributed by atoms with Crippen LogP contribution in [0, 0.1) is 5.92 Å². The van der Waals surface area contributed by atoms with Gasteiger partial charge in [0.2, 0.25) is 0 Å². The monoisotopic (exact) mass is 412 g/mol. The summed E-state index contributed by atoms with van der Waals surface area (Å²) in [6.45, 7) is 1.19. The van der Waals surface area contributed by atoms with E-state index in [0.29, 0.717) is 19.0 Å². The molecule has 0 radical (unpaired) electrons. The zero-order valence-electron chi connectivity index (χ0n) is 16.5. The molecule has 2 amide bonds. The highest BCUT2D eigenvalue weighted by Crippen LogP contribution is 2.23. The minimum absolute atomic E-state index is 0.537. The lowest BCUT2D eigenvalue weighted by Crippen LogP contribution is -2.45. The molecule has 29 heavy (non-hydrogen) atoms. The van der Waals surface area contributed by atoms with E-state index in [1.807, 2.05) is 24.3 Å². The molecule has 0 spiro atoms. The van der Waals surface area contributed by atoms with E-state index in [1.54, 1.807) is 17.0 Å². The molecule has 0 bridgehead atoms. The molecule has 5 nitrogen and oxygen atoms in total. The number of urea groups is 1. The number of sulfonamides is 1. The van der Waals surface area contributed by atoms with E-state index < -0.39 is 16.1 Å². The second kappa shape index (κ2) is 10.3.